The maximum absolute atomic E-state index is 11.4. The van der Waals surface area contributed by atoms with Gasteiger partial charge in [0, 0.05) is 0 Å². The number of hydrogen-bond donors (Lipinski definition) is 0. The Labute approximate surface area is 84.1 Å². The van der Waals surface area contributed by atoms with Gasteiger partial charge in [-0.3, -0.25) is 0 Å². The van der Waals surface area contributed by atoms with E-state index in [4.69, 9.17) is 0 Å². The van der Waals surface area contributed by atoms with E-state index < -0.39 is 0 Å². The van der Waals surface area contributed by atoms with Crippen molar-refractivity contribution in [3.8, 4) is 0 Å². The lowest BCUT2D eigenvalue weighted by atomic mass is 9.79. The Balaban J connectivity index is 2.14. The van der Waals surface area contributed by atoms with Crippen molar-refractivity contribution in [1.29, 1.82) is 0 Å². The first kappa shape index (κ1) is 8.22. The molecule has 1 unspecified atom stereocenters. The SMILES string of the molecule is O=CC1(C2CC2)CCc2ccccc21. The number of carbonyl (C=O) groups excluding carboxylic acids is 1. The van der Waals surface area contributed by atoms with Crippen LogP contribution in [0, 0.1) is 5.92 Å². The molecule has 2 aliphatic carbocycles. The van der Waals surface area contributed by atoms with Gasteiger partial charge in [-0.2, -0.15) is 0 Å². The molecule has 0 aliphatic heterocycles. The molecule has 0 heterocycles. The average Bonchev–Trinajstić information content (AvgIpc) is 3.01. The lowest BCUT2D eigenvalue weighted by molar-refractivity contribution is -0.113. The van der Waals surface area contributed by atoms with Gasteiger partial charge < -0.3 is 4.79 Å². The van der Waals surface area contributed by atoms with Gasteiger partial charge in [0.1, 0.15) is 6.29 Å². The summed E-state index contributed by atoms with van der Waals surface area (Å²) in [6, 6.07) is 8.45. The summed E-state index contributed by atoms with van der Waals surface area (Å²) >= 11 is 0. The number of aryl methyl sites for hydroxylation is 1. The summed E-state index contributed by atoms with van der Waals surface area (Å²) in [5, 5.41) is 0. The molecule has 0 spiro atoms. The van der Waals surface area contributed by atoms with Gasteiger partial charge in [-0.1, -0.05) is 24.3 Å². The molecule has 1 atom stereocenters. The molecule has 3 rings (SSSR count). The molecular formula is C13H14O. The first-order valence-electron chi connectivity index (χ1n) is 5.41. The van der Waals surface area contributed by atoms with Crippen LogP contribution in [0.5, 0.6) is 0 Å². The van der Waals surface area contributed by atoms with Crippen molar-refractivity contribution in [2.24, 2.45) is 5.92 Å². The summed E-state index contributed by atoms with van der Waals surface area (Å²) in [7, 11) is 0. The Bertz CT molecular complexity index is 379. The van der Waals surface area contributed by atoms with Crippen molar-refractivity contribution in [2.45, 2.75) is 31.1 Å². The summed E-state index contributed by atoms with van der Waals surface area (Å²) in [4.78, 5) is 11.4. The quantitative estimate of drug-likeness (QED) is 0.648. The minimum atomic E-state index is -0.101. The Morgan fingerprint density at radius 3 is 2.79 bits per heavy atom. The van der Waals surface area contributed by atoms with E-state index in [1.54, 1.807) is 0 Å². The normalized spacial score (nSPS) is 30.0. The van der Waals surface area contributed by atoms with Crippen LogP contribution in [0.3, 0.4) is 0 Å². The Morgan fingerprint density at radius 2 is 2.07 bits per heavy atom. The molecule has 14 heavy (non-hydrogen) atoms. The third-order valence-electron chi connectivity index (χ3n) is 3.84. The summed E-state index contributed by atoms with van der Waals surface area (Å²) in [5.41, 5.74) is 2.61. The maximum atomic E-state index is 11.4. The Kier molecular flexibility index (Phi) is 1.58. The number of carbonyl (C=O) groups is 1. The highest BCUT2D eigenvalue weighted by molar-refractivity contribution is 5.73. The highest BCUT2D eigenvalue weighted by atomic mass is 16.1. The second-order valence-electron chi connectivity index (χ2n) is 4.59. The highest BCUT2D eigenvalue weighted by Crippen LogP contribution is 2.52. The molecule has 0 saturated heterocycles. The largest absolute Gasteiger partial charge is 0.302 e. The second-order valence-corrected chi connectivity index (χ2v) is 4.59. The number of benzene rings is 1. The van der Waals surface area contributed by atoms with Gasteiger partial charge in [0.15, 0.2) is 0 Å². The Morgan fingerprint density at radius 1 is 1.29 bits per heavy atom. The van der Waals surface area contributed by atoms with E-state index in [0.29, 0.717) is 5.92 Å². The van der Waals surface area contributed by atoms with Crippen LogP contribution in [0.25, 0.3) is 0 Å². The van der Waals surface area contributed by atoms with Gasteiger partial charge in [0.05, 0.1) is 5.41 Å². The topological polar surface area (TPSA) is 17.1 Å². The molecule has 1 aromatic carbocycles. The number of fused-ring (bicyclic) bond motifs is 1. The van der Waals surface area contributed by atoms with E-state index >= 15 is 0 Å². The van der Waals surface area contributed by atoms with Crippen LogP contribution in [0.15, 0.2) is 24.3 Å². The second kappa shape index (κ2) is 2.69. The molecule has 0 bridgehead atoms. The highest BCUT2D eigenvalue weighted by Gasteiger charge is 2.49. The van der Waals surface area contributed by atoms with E-state index in [9.17, 15) is 4.79 Å². The van der Waals surface area contributed by atoms with E-state index in [2.05, 4.69) is 24.3 Å². The van der Waals surface area contributed by atoms with Crippen molar-refractivity contribution in [3.05, 3.63) is 35.4 Å². The van der Waals surface area contributed by atoms with Gasteiger partial charge in [-0.25, -0.2) is 0 Å². The molecule has 0 amide bonds. The number of rotatable bonds is 2. The summed E-state index contributed by atoms with van der Waals surface area (Å²) in [5.74, 6) is 0.642. The first-order chi connectivity index (χ1) is 6.87. The Hall–Kier alpha value is -1.11. The first-order valence-corrected chi connectivity index (χ1v) is 5.41. The van der Waals surface area contributed by atoms with Crippen LogP contribution in [0.4, 0.5) is 0 Å². The number of hydrogen-bond acceptors (Lipinski definition) is 1. The molecule has 1 saturated carbocycles. The maximum Gasteiger partial charge on any atom is 0.130 e. The van der Waals surface area contributed by atoms with Gasteiger partial charge in [-0.15, -0.1) is 0 Å². The smallest absolute Gasteiger partial charge is 0.130 e. The fraction of sp³-hybridized carbons (Fsp3) is 0.462. The van der Waals surface area contributed by atoms with Crippen molar-refractivity contribution in [1.82, 2.24) is 0 Å². The van der Waals surface area contributed by atoms with Gasteiger partial charge >= 0.3 is 0 Å². The predicted molar refractivity (Wildman–Crippen MR) is 55.2 cm³/mol. The van der Waals surface area contributed by atoms with E-state index in [0.717, 1.165) is 12.8 Å². The van der Waals surface area contributed by atoms with Crippen LogP contribution in [0.2, 0.25) is 0 Å². The fourth-order valence-electron chi connectivity index (χ4n) is 2.91. The monoisotopic (exact) mass is 186 g/mol. The molecule has 0 aromatic heterocycles. The zero-order valence-corrected chi connectivity index (χ0v) is 8.20. The van der Waals surface area contributed by atoms with Crippen LogP contribution < -0.4 is 0 Å². The standard InChI is InChI=1S/C13H14O/c14-9-13(11-5-6-11)8-7-10-3-1-2-4-12(10)13/h1-4,9,11H,5-8H2. The molecule has 1 fully saturated rings. The van der Waals surface area contributed by atoms with Gasteiger partial charge in [0.2, 0.25) is 0 Å². The van der Waals surface area contributed by atoms with E-state index in [1.165, 1.54) is 30.3 Å². The van der Waals surface area contributed by atoms with E-state index in [-0.39, 0.29) is 5.41 Å². The lowest BCUT2D eigenvalue weighted by Crippen LogP contribution is -2.27. The van der Waals surface area contributed by atoms with Gasteiger partial charge in [0.25, 0.3) is 0 Å². The van der Waals surface area contributed by atoms with Crippen molar-refractivity contribution in [3.63, 3.8) is 0 Å². The minimum Gasteiger partial charge on any atom is -0.302 e. The van der Waals surface area contributed by atoms with Crippen molar-refractivity contribution in [2.75, 3.05) is 0 Å². The van der Waals surface area contributed by atoms with Crippen LogP contribution in [-0.2, 0) is 16.6 Å². The summed E-state index contributed by atoms with van der Waals surface area (Å²) in [6.07, 6.45) is 5.84. The number of aldehydes is 1. The van der Waals surface area contributed by atoms with Crippen molar-refractivity contribution < 1.29 is 4.79 Å². The summed E-state index contributed by atoms with van der Waals surface area (Å²) < 4.78 is 0. The molecule has 1 heteroatoms. The molecule has 2 aliphatic rings. The third kappa shape index (κ3) is 0.927. The predicted octanol–water partition coefficient (Wildman–Crippen LogP) is 2.48. The molecule has 1 nitrogen and oxygen atoms in total. The zero-order valence-electron chi connectivity index (χ0n) is 8.20. The fourth-order valence-corrected chi connectivity index (χ4v) is 2.91. The van der Waals surface area contributed by atoms with E-state index in [1.807, 2.05) is 0 Å². The minimum absolute atomic E-state index is 0.101. The van der Waals surface area contributed by atoms with Crippen molar-refractivity contribution >= 4 is 6.29 Å². The average molecular weight is 186 g/mol. The molecule has 72 valence electrons. The zero-order chi connectivity index (χ0) is 9.60. The molecular weight excluding hydrogens is 172 g/mol. The lowest BCUT2D eigenvalue weighted by Gasteiger charge is -2.23. The van der Waals surface area contributed by atoms with Crippen LogP contribution >= 0.6 is 0 Å². The third-order valence-corrected chi connectivity index (χ3v) is 3.84. The van der Waals surface area contributed by atoms with Gasteiger partial charge in [-0.05, 0) is 42.7 Å². The van der Waals surface area contributed by atoms with Crippen LogP contribution in [-0.4, -0.2) is 6.29 Å². The molecule has 0 N–H and O–H groups in total. The van der Waals surface area contributed by atoms with Crippen LogP contribution in [0.1, 0.15) is 30.4 Å². The molecule has 0 radical (unpaired) electrons. The summed E-state index contributed by atoms with van der Waals surface area (Å²) in [6.45, 7) is 0. The molecule has 1 aromatic rings.